The Labute approximate surface area is 161 Å². The minimum atomic E-state index is -0.319. The molecular weight excluding hydrogens is 359 g/mol. The SMILES string of the molecule is N#Cc1cccc(C(=O)N2CCC(c3nnc(-c4ccc(F)cc4)o3)CC2)c1. The molecule has 140 valence electrons. The Hall–Kier alpha value is -3.53. The van der Waals surface area contributed by atoms with Gasteiger partial charge in [0.05, 0.1) is 11.6 Å². The van der Waals surface area contributed by atoms with Crippen molar-refractivity contribution < 1.29 is 13.6 Å². The van der Waals surface area contributed by atoms with Crippen LogP contribution >= 0.6 is 0 Å². The first-order chi connectivity index (χ1) is 13.6. The predicted octanol–water partition coefficient (Wildman–Crippen LogP) is 3.77. The highest BCUT2D eigenvalue weighted by molar-refractivity contribution is 5.94. The predicted molar refractivity (Wildman–Crippen MR) is 98.7 cm³/mol. The van der Waals surface area contributed by atoms with Crippen LogP contribution in [-0.4, -0.2) is 34.1 Å². The minimum absolute atomic E-state index is 0.0759. The first-order valence-electron chi connectivity index (χ1n) is 9.03. The van der Waals surface area contributed by atoms with Crippen molar-refractivity contribution >= 4 is 5.91 Å². The number of carbonyl (C=O) groups is 1. The number of carbonyl (C=O) groups excluding carboxylic acids is 1. The van der Waals surface area contributed by atoms with Crippen LogP contribution in [0.2, 0.25) is 0 Å². The fourth-order valence-corrected chi connectivity index (χ4v) is 3.34. The summed E-state index contributed by atoms with van der Waals surface area (Å²) in [5, 5.41) is 17.2. The zero-order valence-electron chi connectivity index (χ0n) is 15.0. The van der Waals surface area contributed by atoms with Crippen LogP contribution in [0, 0.1) is 17.1 Å². The van der Waals surface area contributed by atoms with Gasteiger partial charge in [-0.1, -0.05) is 6.07 Å². The third kappa shape index (κ3) is 3.62. The van der Waals surface area contributed by atoms with E-state index in [-0.39, 0.29) is 17.6 Å². The van der Waals surface area contributed by atoms with Crippen molar-refractivity contribution in [2.45, 2.75) is 18.8 Å². The molecule has 4 rings (SSSR count). The van der Waals surface area contributed by atoms with Crippen LogP contribution in [0.5, 0.6) is 0 Å². The van der Waals surface area contributed by atoms with Gasteiger partial charge in [0.15, 0.2) is 0 Å². The standard InChI is InChI=1S/C21H17FN4O2/c22-18-6-4-15(5-7-18)19-24-25-20(28-19)16-8-10-26(11-9-16)21(27)17-3-1-2-14(12-17)13-23/h1-7,12,16H,8-11H2. The lowest BCUT2D eigenvalue weighted by atomic mass is 9.96. The van der Waals surface area contributed by atoms with Gasteiger partial charge in [0, 0.05) is 30.1 Å². The van der Waals surface area contributed by atoms with Crippen molar-refractivity contribution in [2.24, 2.45) is 0 Å². The fourth-order valence-electron chi connectivity index (χ4n) is 3.34. The summed E-state index contributed by atoms with van der Waals surface area (Å²) in [4.78, 5) is 14.4. The Morgan fingerprint density at radius 2 is 1.89 bits per heavy atom. The van der Waals surface area contributed by atoms with Gasteiger partial charge in [-0.2, -0.15) is 5.26 Å². The number of nitriles is 1. The average Bonchev–Trinajstić information content (AvgIpc) is 3.24. The summed E-state index contributed by atoms with van der Waals surface area (Å²) in [5.41, 5.74) is 1.67. The first kappa shape index (κ1) is 17.9. The van der Waals surface area contributed by atoms with Crippen molar-refractivity contribution in [3.05, 3.63) is 71.4 Å². The van der Waals surface area contributed by atoms with Crippen molar-refractivity contribution in [1.29, 1.82) is 5.26 Å². The number of aromatic nitrogens is 2. The lowest BCUT2D eigenvalue weighted by molar-refractivity contribution is 0.0706. The molecule has 1 aromatic heterocycles. The van der Waals surface area contributed by atoms with Crippen LogP contribution in [0.3, 0.4) is 0 Å². The molecule has 1 saturated heterocycles. The van der Waals surface area contributed by atoms with E-state index in [4.69, 9.17) is 9.68 Å². The molecular formula is C21H17FN4O2. The molecule has 1 aliphatic rings. The number of nitrogens with zero attached hydrogens (tertiary/aromatic N) is 4. The summed E-state index contributed by atoms with van der Waals surface area (Å²) in [6, 6.07) is 14.7. The molecule has 2 heterocycles. The molecule has 0 unspecified atom stereocenters. The molecule has 0 bridgehead atoms. The number of hydrogen-bond acceptors (Lipinski definition) is 5. The van der Waals surface area contributed by atoms with Crippen LogP contribution < -0.4 is 0 Å². The highest BCUT2D eigenvalue weighted by atomic mass is 19.1. The second kappa shape index (κ2) is 7.61. The van der Waals surface area contributed by atoms with Crippen LogP contribution in [0.4, 0.5) is 4.39 Å². The highest BCUT2D eigenvalue weighted by Gasteiger charge is 2.28. The number of rotatable bonds is 3. The number of benzene rings is 2. The second-order valence-corrected chi connectivity index (χ2v) is 6.71. The monoisotopic (exact) mass is 376 g/mol. The Kier molecular flexibility index (Phi) is 4.85. The smallest absolute Gasteiger partial charge is 0.253 e. The van der Waals surface area contributed by atoms with Gasteiger partial charge in [0.25, 0.3) is 5.91 Å². The molecule has 0 N–H and O–H groups in total. The third-order valence-electron chi connectivity index (χ3n) is 4.90. The van der Waals surface area contributed by atoms with Crippen molar-refractivity contribution in [3.63, 3.8) is 0 Å². The van der Waals surface area contributed by atoms with E-state index >= 15 is 0 Å². The number of halogens is 1. The lowest BCUT2D eigenvalue weighted by Crippen LogP contribution is -2.38. The average molecular weight is 376 g/mol. The molecule has 1 amide bonds. The molecule has 0 saturated carbocycles. The maximum atomic E-state index is 13.1. The fraction of sp³-hybridized carbons (Fsp3) is 0.238. The third-order valence-corrected chi connectivity index (χ3v) is 4.90. The van der Waals surface area contributed by atoms with Gasteiger partial charge in [-0.25, -0.2) is 4.39 Å². The zero-order valence-corrected chi connectivity index (χ0v) is 15.0. The van der Waals surface area contributed by atoms with E-state index in [1.54, 1.807) is 41.3 Å². The zero-order chi connectivity index (χ0) is 19.5. The van der Waals surface area contributed by atoms with E-state index in [2.05, 4.69) is 16.3 Å². The Balaban J connectivity index is 1.41. The maximum Gasteiger partial charge on any atom is 0.253 e. The minimum Gasteiger partial charge on any atom is -0.420 e. The molecule has 7 heteroatoms. The van der Waals surface area contributed by atoms with Gasteiger partial charge in [0.2, 0.25) is 11.8 Å². The Morgan fingerprint density at radius 1 is 1.14 bits per heavy atom. The molecule has 1 aliphatic heterocycles. The molecule has 0 spiro atoms. The number of piperidine rings is 1. The van der Waals surface area contributed by atoms with Gasteiger partial charge < -0.3 is 9.32 Å². The largest absolute Gasteiger partial charge is 0.420 e. The molecule has 6 nitrogen and oxygen atoms in total. The second-order valence-electron chi connectivity index (χ2n) is 6.71. The maximum absolute atomic E-state index is 13.1. The molecule has 0 aliphatic carbocycles. The van der Waals surface area contributed by atoms with Crippen LogP contribution in [-0.2, 0) is 0 Å². The van der Waals surface area contributed by atoms with Crippen molar-refractivity contribution in [1.82, 2.24) is 15.1 Å². The van der Waals surface area contributed by atoms with E-state index in [1.807, 2.05) is 0 Å². The topological polar surface area (TPSA) is 83.0 Å². The molecule has 28 heavy (non-hydrogen) atoms. The molecule has 3 aromatic rings. The summed E-state index contributed by atoms with van der Waals surface area (Å²) >= 11 is 0. The van der Waals surface area contributed by atoms with Gasteiger partial charge >= 0.3 is 0 Å². The van der Waals surface area contributed by atoms with E-state index in [0.717, 1.165) is 0 Å². The van der Waals surface area contributed by atoms with E-state index in [1.165, 1.54) is 12.1 Å². The quantitative estimate of drug-likeness (QED) is 0.695. The summed E-state index contributed by atoms with van der Waals surface area (Å²) in [6.07, 6.45) is 1.43. The van der Waals surface area contributed by atoms with Crippen molar-refractivity contribution in [2.75, 3.05) is 13.1 Å². The number of likely N-dealkylation sites (tertiary alicyclic amines) is 1. The first-order valence-corrected chi connectivity index (χ1v) is 9.03. The van der Waals surface area contributed by atoms with E-state index in [9.17, 15) is 9.18 Å². The lowest BCUT2D eigenvalue weighted by Gasteiger charge is -2.30. The Bertz CT molecular complexity index is 1030. The molecule has 0 radical (unpaired) electrons. The van der Waals surface area contributed by atoms with E-state index in [0.29, 0.717) is 54.4 Å². The van der Waals surface area contributed by atoms with Crippen LogP contribution in [0.15, 0.2) is 52.9 Å². The summed E-state index contributed by atoms with van der Waals surface area (Å²) < 4.78 is 18.8. The molecule has 2 aromatic carbocycles. The van der Waals surface area contributed by atoms with Gasteiger partial charge in [-0.15, -0.1) is 10.2 Å². The summed E-state index contributed by atoms with van der Waals surface area (Å²) in [5.74, 6) is 0.588. The summed E-state index contributed by atoms with van der Waals surface area (Å²) in [7, 11) is 0. The normalized spacial score (nSPS) is 14.6. The van der Waals surface area contributed by atoms with Gasteiger partial charge in [0.1, 0.15) is 5.82 Å². The highest BCUT2D eigenvalue weighted by Crippen LogP contribution is 2.30. The Morgan fingerprint density at radius 3 is 2.61 bits per heavy atom. The molecule has 0 atom stereocenters. The number of amides is 1. The van der Waals surface area contributed by atoms with Gasteiger partial charge in [-0.05, 0) is 55.3 Å². The molecule has 1 fully saturated rings. The van der Waals surface area contributed by atoms with Gasteiger partial charge in [-0.3, -0.25) is 4.79 Å². The van der Waals surface area contributed by atoms with Crippen LogP contribution in [0.1, 0.15) is 40.6 Å². The van der Waals surface area contributed by atoms with Crippen molar-refractivity contribution in [3.8, 4) is 17.5 Å². The summed E-state index contributed by atoms with van der Waals surface area (Å²) in [6.45, 7) is 1.16. The number of hydrogen-bond donors (Lipinski definition) is 0. The van der Waals surface area contributed by atoms with Crippen LogP contribution in [0.25, 0.3) is 11.5 Å². The van der Waals surface area contributed by atoms with E-state index < -0.39 is 0 Å².